The highest BCUT2D eigenvalue weighted by Gasteiger charge is 2.43. The molecule has 3 fully saturated rings. The van der Waals surface area contributed by atoms with Crippen LogP contribution in [0, 0.1) is 5.92 Å². The minimum atomic E-state index is -0.0435. The highest BCUT2D eigenvalue weighted by molar-refractivity contribution is 9.10. The van der Waals surface area contributed by atoms with E-state index in [9.17, 15) is 4.79 Å². The Kier molecular flexibility index (Phi) is 5.83. The number of fused-ring (bicyclic) bond motifs is 3. The van der Waals surface area contributed by atoms with E-state index in [1.165, 1.54) is 5.56 Å². The fourth-order valence-corrected chi connectivity index (χ4v) is 5.46. The van der Waals surface area contributed by atoms with E-state index >= 15 is 0 Å². The summed E-state index contributed by atoms with van der Waals surface area (Å²) in [6, 6.07) is 16.2. The quantitative estimate of drug-likeness (QED) is 0.594. The molecule has 6 heteroatoms. The number of piperidine rings is 3. The second-order valence-corrected chi connectivity index (χ2v) is 9.33. The van der Waals surface area contributed by atoms with Gasteiger partial charge in [0.25, 0.3) is 5.91 Å². The number of aromatic nitrogens is 2. The lowest BCUT2D eigenvalue weighted by Crippen LogP contribution is -2.64. The Bertz CT molecular complexity index is 1070. The molecule has 0 saturated carbocycles. The Balaban J connectivity index is 1.41. The summed E-state index contributed by atoms with van der Waals surface area (Å²) in [5, 5.41) is 3.41. The predicted molar refractivity (Wildman–Crippen MR) is 125 cm³/mol. The van der Waals surface area contributed by atoms with E-state index in [0.717, 1.165) is 42.4 Å². The summed E-state index contributed by atoms with van der Waals surface area (Å²) >= 11 is 3.52. The smallest absolute Gasteiger partial charge is 0.253 e. The number of nitrogens with one attached hydrogen (secondary N) is 1. The maximum Gasteiger partial charge on any atom is 0.253 e. The van der Waals surface area contributed by atoms with Crippen LogP contribution in [0.5, 0.6) is 0 Å². The molecule has 2 unspecified atom stereocenters. The molecule has 5 nitrogen and oxygen atoms in total. The van der Waals surface area contributed by atoms with Crippen molar-refractivity contribution in [3.8, 4) is 11.3 Å². The number of halogens is 1. The minimum Gasteiger partial charge on any atom is -0.347 e. The van der Waals surface area contributed by atoms with Crippen molar-refractivity contribution in [3.63, 3.8) is 0 Å². The first kappa shape index (κ1) is 20.3. The number of benzene rings is 1. The molecule has 3 aromatic rings. The molecule has 0 spiro atoms. The van der Waals surface area contributed by atoms with Gasteiger partial charge in [0, 0.05) is 40.7 Å². The molecule has 0 radical (unpaired) electrons. The average Bonchev–Trinajstić information content (AvgIpc) is 2.82. The van der Waals surface area contributed by atoms with E-state index in [4.69, 9.17) is 0 Å². The molecule has 1 aromatic carbocycles. The first-order chi connectivity index (χ1) is 15.2. The Hall–Kier alpha value is -2.57. The molecule has 1 N–H and O–H groups in total. The van der Waals surface area contributed by atoms with Crippen LogP contribution in [0.2, 0.25) is 0 Å². The van der Waals surface area contributed by atoms with E-state index in [1.54, 1.807) is 6.20 Å². The topological polar surface area (TPSA) is 58.1 Å². The monoisotopic (exact) mass is 476 g/mol. The van der Waals surface area contributed by atoms with Gasteiger partial charge in [0.15, 0.2) is 0 Å². The van der Waals surface area contributed by atoms with Crippen molar-refractivity contribution in [1.29, 1.82) is 0 Å². The largest absolute Gasteiger partial charge is 0.347 e. The fraction of sp³-hybridized carbons (Fsp3) is 0.320. The van der Waals surface area contributed by atoms with Gasteiger partial charge >= 0.3 is 0 Å². The van der Waals surface area contributed by atoms with Crippen LogP contribution in [0.15, 0.2) is 71.6 Å². The Morgan fingerprint density at radius 2 is 1.94 bits per heavy atom. The van der Waals surface area contributed by atoms with Crippen LogP contribution in [0.4, 0.5) is 0 Å². The average molecular weight is 477 g/mol. The van der Waals surface area contributed by atoms with E-state index in [1.807, 2.05) is 54.9 Å². The number of nitrogens with zero attached hydrogens (tertiary/aromatic N) is 3. The SMILES string of the molecule is O=C(NC1C2CCN(CC2)C1Cc1cccnc1)c1cccnc1-c1cccc(Br)c1. The van der Waals surface area contributed by atoms with Crippen LogP contribution in [0.25, 0.3) is 11.3 Å². The molecule has 2 atom stereocenters. The van der Waals surface area contributed by atoms with Crippen molar-refractivity contribution in [2.45, 2.75) is 31.3 Å². The van der Waals surface area contributed by atoms with Gasteiger partial charge in [0.1, 0.15) is 0 Å². The van der Waals surface area contributed by atoms with E-state index < -0.39 is 0 Å². The lowest BCUT2D eigenvalue weighted by Gasteiger charge is -2.51. The van der Waals surface area contributed by atoms with Gasteiger partial charge in [0.2, 0.25) is 0 Å². The molecule has 3 saturated heterocycles. The Morgan fingerprint density at radius 3 is 2.71 bits per heavy atom. The third-order valence-electron chi connectivity index (χ3n) is 6.58. The van der Waals surface area contributed by atoms with Crippen LogP contribution in [0.1, 0.15) is 28.8 Å². The van der Waals surface area contributed by atoms with E-state index in [0.29, 0.717) is 23.2 Å². The van der Waals surface area contributed by atoms with Crippen molar-refractivity contribution in [3.05, 3.63) is 82.7 Å². The Morgan fingerprint density at radius 1 is 1.10 bits per heavy atom. The number of hydrogen-bond donors (Lipinski definition) is 1. The van der Waals surface area contributed by atoms with Gasteiger partial charge in [0.05, 0.1) is 11.3 Å². The van der Waals surface area contributed by atoms with Crippen LogP contribution in [0.3, 0.4) is 0 Å². The van der Waals surface area contributed by atoms with Crippen molar-refractivity contribution in [2.24, 2.45) is 5.92 Å². The van der Waals surface area contributed by atoms with Crippen molar-refractivity contribution in [1.82, 2.24) is 20.2 Å². The zero-order chi connectivity index (χ0) is 21.2. The predicted octanol–water partition coefficient (Wildman–Crippen LogP) is 4.34. The molecule has 6 rings (SSSR count). The molecule has 0 aliphatic carbocycles. The molecular weight excluding hydrogens is 452 g/mol. The van der Waals surface area contributed by atoms with Gasteiger partial charge < -0.3 is 5.32 Å². The standard InChI is InChI=1S/C25H25BrN4O/c26-20-6-1-5-19(15-20)23-21(7-3-11-28-23)25(31)29-24-18-8-12-30(13-9-18)22(24)14-17-4-2-10-27-16-17/h1-7,10-11,15-16,18,22,24H,8-9,12-14H2,(H,29,31). The zero-order valence-electron chi connectivity index (χ0n) is 17.2. The summed E-state index contributed by atoms with van der Waals surface area (Å²) in [4.78, 5) is 24.8. The van der Waals surface area contributed by atoms with Gasteiger partial charge in [-0.1, -0.05) is 34.1 Å². The summed E-state index contributed by atoms with van der Waals surface area (Å²) in [5.41, 5.74) is 3.49. The summed E-state index contributed by atoms with van der Waals surface area (Å²) in [7, 11) is 0. The molecule has 31 heavy (non-hydrogen) atoms. The maximum absolute atomic E-state index is 13.5. The molecule has 3 aliphatic rings. The van der Waals surface area contributed by atoms with Gasteiger partial charge in [-0.2, -0.15) is 0 Å². The van der Waals surface area contributed by atoms with Crippen molar-refractivity contribution >= 4 is 21.8 Å². The lowest BCUT2D eigenvalue weighted by atomic mass is 9.76. The molecule has 2 aromatic heterocycles. The summed E-state index contributed by atoms with van der Waals surface area (Å²) in [5.74, 6) is 0.472. The molecule has 3 aliphatic heterocycles. The number of carbonyl (C=O) groups excluding carboxylic acids is 1. The highest BCUT2D eigenvalue weighted by Crippen LogP contribution is 2.34. The van der Waals surface area contributed by atoms with Crippen LogP contribution < -0.4 is 5.32 Å². The normalized spacial score (nSPS) is 24.7. The minimum absolute atomic E-state index is 0.0435. The van der Waals surface area contributed by atoms with Gasteiger partial charge in [-0.15, -0.1) is 0 Å². The maximum atomic E-state index is 13.5. The first-order valence-corrected chi connectivity index (χ1v) is 11.6. The number of rotatable bonds is 5. The van der Waals surface area contributed by atoms with Crippen molar-refractivity contribution < 1.29 is 4.79 Å². The third-order valence-corrected chi connectivity index (χ3v) is 7.07. The highest BCUT2D eigenvalue weighted by atomic mass is 79.9. The summed E-state index contributed by atoms with van der Waals surface area (Å²) < 4.78 is 0.968. The second kappa shape index (κ2) is 8.89. The van der Waals surface area contributed by atoms with Gasteiger partial charge in [-0.05, 0) is 74.2 Å². The van der Waals surface area contributed by atoms with E-state index in [2.05, 4.69) is 42.2 Å². The third kappa shape index (κ3) is 4.27. The van der Waals surface area contributed by atoms with Gasteiger partial charge in [-0.3, -0.25) is 19.7 Å². The van der Waals surface area contributed by atoms with Crippen molar-refractivity contribution in [2.75, 3.05) is 13.1 Å². The molecule has 2 bridgehead atoms. The lowest BCUT2D eigenvalue weighted by molar-refractivity contribution is 0.0136. The van der Waals surface area contributed by atoms with E-state index in [-0.39, 0.29) is 11.9 Å². The second-order valence-electron chi connectivity index (χ2n) is 8.42. The van der Waals surface area contributed by atoms with Gasteiger partial charge in [-0.25, -0.2) is 0 Å². The number of pyridine rings is 2. The van der Waals surface area contributed by atoms with Crippen LogP contribution >= 0.6 is 15.9 Å². The number of hydrogen-bond acceptors (Lipinski definition) is 4. The molecule has 1 amide bonds. The molecule has 158 valence electrons. The number of amides is 1. The summed E-state index contributed by atoms with van der Waals surface area (Å²) in [6.45, 7) is 2.22. The fourth-order valence-electron chi connectivity index (χ4n) is 5.07. The zero-order valence-corrected chi connectivity index (χ0v) is 18.8. The van der Waals surface area contributed by atoms with Crippen LogP contribution in [-0.2, 0) is 6.42 Å². The molecular formula is C25H25BrN4O. The first-order valence-electron chi connectivity index (χ1n) is 10.8. The number of carbonyl (C=O) groups is 1. The Labute approximate surface area is 191 Å². The summed E-state index contributed by atoms with van der Waals surface area (Å²) in [6.07, 6.45) is 8.67. The van der Waals surface area contributed by atoms with Crippen LogP contribution in [-0.4, -0.2) is 45.9 Å². The molecule has 5 heterocycles.